The Balaban J connectivity index is 2.63. The van der Waals surface area contributed by atoms with Crippen molar-refractivity contribution in [2.75, 3.05) is 7.05 Å². The van der Waals surface area contributed by atoms with Crippen molar-refractivity contribution in [2.45, 2.75) is 26.7 Å². The minimum absolute atomic E-state index is 0.0373. The molecule has 0 aliphatic carbocycles. The third-order valence-electron chi connectivity index (χ3n) is 3.89. The van der Waals surface area contributed by atoms with Crippen molar-refractivity contribution >= 4 is 40.6 Å². The number of allylic oxidation sites excluding steroid dienone is 4. The van der Waals surface area contributed by atoms with Crippen LogP contribution in [0.15, 0.2) is 35.2 Å². The van der Waals surface area contributed by atoms with E-state index in [0.29, 0.717) is 15.1 Å². The van der Waals surface area contributed by atoms with Gasteiger partial charge < -0.3 is 4.90 Å². The second-order valence-corrected chi connectivity index (χ2v) is 6.39. The molecule has 0 radical (unpaired) electrons. The van der Waals surface area contributed by atoms with Gasteiger partial charge in [-0.2, -0.15) is 0 Å². The van der Waals surface area contributed by atoms with Crippen molar-refractivity contribution < 1.29 is 4.79 Å². The molecule has 112 valence electrons. The topological polar surface area (TPSA) is 20.3 Å². The molecule has 1 atom stereocenters. The van der Waals surface area contributed by atoms with Gasteiger partial charge in [0.25, 0.3) is 0 Å². The lowest BCUT2D eigenvalue weighted by Gasteiger charge is -2.32. The predicted molar refractivity (Wildman–Crippen MR) is 89.1 cm³/mol. The largest absolute Gasteiger partial charge is 0.352 e. The molecule has 1 aromatic rings. The number of hydrogen-bond donors (Lipinski definition) is 0. The van der Waals surface area contributed by atoms with Crippen LogP contribution in [0.25, 0.3) is 0 Å². The van der Waals surface area contributed by atoms with Crippen molar-refractivity contribution in [1.82, 2.24) is 4.90 Å². The summed E-state index contributed by atoms with van der Waals surface area (Å²) in [5.41, 5.74) is 3.63. The second-order valence-electron chi connectivity index (χ2n) is 5.20. The fourth-order valence-electron chi connectivity index (χ4n) is 2.60. The Morgan fingerprint density at radius 2 is 1.67 bits per heavy atom. The Hall–Kier alpha value is -0.960. The molecule has 2 rings (SSSR count). The maximum atomic E-state index is 12.1. The third kappa shape index (κ3) is 2.98. The highest BCUT2D eigenvalue weighted by molar-refractivity contribution is 6.48. The molecule has 5 heteroatoms. The lowest BCUT2D eigenvalue weighted by atomic mass is 9.84. The molecule has 0 saturated heterocycles. The molecule has 1 aliphatic heterocycles. The van der Waals surface area contributed by atoms with Crippen LogP contribution in [0.5, 0.6) is 0 Å². The summed E-state index contributed by atoms with van der Waals surface area (Å²) in [5, 5.41) is 1.12. The van der Waals surface area contributed by atoms with E-state index in [1.807, 2.05) is 31.9 Å². The molecule has 0 amide bonds. The number of nitrogens with zero attached hydrogens (tertiary/aromatic N) is 1. The van der Waals surface area contributed by atoms with Crippen molar-refractivity contribution in [2.24, 2.45) is 0 Å². The van der Waals surface area contributed by atoms with Gasteiger partial charge in [-0.3, -0.25) is 4.79 Å². The standard InChI is InChI=1S/C16H16Cl3NO/c1-8-5-12(15(10(3)21)9(2)20(8)4)11-6-13(17)16(19)14(18)7-11/h5-7,12H,1-4H3. The zero-order valence-electron chi connectivity index (χ0n) is 12.3. The van der Waals surface area contributed by atoms with Gasteiger partial charge in [0.1, 0.15) is 0 Å². The molecule has 1 unspecified atom stereocenters. The van der Waals surface area contributed by atoms with Gasteiger partial charge in [-0.05, 0) is 38.5 Å². The molecule has 0 aromatic heterocycles. The van der Waals surface area contributed by atoms with Crippen molar-refractivity contribution in [3.63, 3.8) is 0 Å². The first-order chi connectivity index (χ1) is 9.73. The average molecular weight is 345 g/mol. The van der Waals surface area contributed by atoms with E-state index in [9.17, 15) is 4.79 Å². The summed E-state index contributed by atoms with van der Waals surface area (Å²) in [6, 6.07) is 3.54. The summed E-state index contributed by atoms with van der Waals surface area (Å²) in [6.45, 7) is 5.53. The third-order valence-corrected chi connectivity index (χ3v) is 5.08. The highest BCUT2D eigenvalue weighted by Gasteiger charge is 2.27. The lowest BCUT2D eigenvalue weighted by Crippen LogP contribution is -2.25. The molecule has 21 heavy (non-hydrogen) atoms. The van der Waals surface area contributed by atoms with Crippen molar-refractivity contribution in [1.29, 1.82) is 0 Å². The number of benzene rings is 1. The van der Waals surface area contributed by atoms with Gasteiger partial charge >= 0.3 is 0 Å². The van der Waals surface area contributed by atoms with E-state index >= 15 is 0 Å². The van der Waals surface area contributed by atoms with Crippen LogP contribution in [0, 0.1) is 0 Å². The Kier molecular flexibility index (Phi) is 4.72. The van der Waals surface area contributed by atoms with Gasteiger partial charge in [-0.25, -0.2) is 0 Å². The maximum absolute atomic E-state index is 12.1. The second kappa shape index (κ2) is 6.04. The van der Waals surface area contributed by atoms with Crippen LogP contribution in [-0.4, -0.2) is 17.7 Å². The van der Waals surface area contributed by atoms with Crippen LogP contribution in [0.2, 0.25) is 15.1 Å². The minimum Gasteiger partial charge on any atom is -0.352 e. The first-order valence-electron chi connectivity index (χ1n) is 6.52. The molecule has 1 heterocycles. The van der Waals surface area contributed by atoms with Crippen molar-refractivity contribution in [3.8, 4) is 0 Å². The molecule has 0 spiro atoms. The summed E-state index contributed by atoms with van der Waals surface area (Å²) in [6.07, 6.45) is 2.04. The quantitative estimate of drug-likeness (QED) is 0.666. The fraction of sp³-hybridized carbons (Fsp3) is 0.312. The van der Waals surface area contributed by atoms with Crippen LogP contribution in [0.4, 0.5) is 0 Å². The van der Waals surface area contributed by atoms with Gasteiger partial charge in [-0.15, -0.1) is 0 Å². The molecule has 0 saturated carbocycles. The Morgan fingerprint density at radius 1 is 1.14 bits per heavy atom. The molecular formula is C16H16Cl3NO. The van der Waals surface area contributed by atoms with Gasteiger partial charge in [0.2, 0.25) is 0 Å². The zero-order valence-corrected chi connectivity index (χ0v) is 14.6. The summed E-state index contributed by atoms with van der Waals surface area (Å²) in [7, 11) is 1.95. The number of rotatable bonds is 2. The van der Waals surface area contributed by atoms with Crippen LogP contribution >= 0.6 is 34.8 Å². The number of Topliss-reactive ketones (excluding diaryl/α,β-unsaturated/α-hetero) is 1. The highest BCUT2D eigenvalue weighted by Crippen LogP contribution is 2.40. The van der Waals surface area contributed by atoms with E-state index in [-0.39, 0.29) is 11.7 Å². The molecular weight excluding hydrogens is 329 g/mol. The monoisotopic (exact) mass is 343 g/mol. The van der Waals surface area contributed by atoms with Crippen LogP contribution in [-0.2, 0) is 4.79 Å². The molecule has 1 aliphatic rings. The molecule has 0 N–H and O–H groups in total. The first-order valence-corrected chi connectivity index (χ1v) is 7.65. The number of carbonyl (C=O) groups excluding carboxylic acids is 1. The van der Waals surface area contributed by atoms with E-state index in [1.165, 1.54) is 0 Å². The van der Waals surface area contributed by atoms with Gasteiger partial charge in [0, 0.05) is 29.9 Å². The number of halogens is 3. The van der Waals surface area contributed by atoms with Crippen molar-refractivity contribution in [3.05, 3.63) is 55.8 Å². The summed E-state index contributed by atoms with van der Waals surface area (Å²) in [4.78, 5) is 14.1. The first kappa shape index (κ1) is 16.4. The normalized spacial score (nSPS) is 18.9. The predicted octanol–water partition coefficient (Wildman–Crippen LogP) is 5.44. The van der Waals surface area contributed by atoms with E-state index in [0.717, 1.165) is 22.5 Å². The Labute approximate surface area is 140 Å². The summed E-state index contributed by atoms with van der Waals surface area (Å²) < 4.78 is 0. The smallest absolute Gasteiger partial charge is 0.158 e. The molecule has 2 nitrogen and oxygen atoms in total. The molecule has 1 aromatic carbocycles. The maximum Gasteiger partial charge on any atom is 0.158 e. The Bertz CT molecular complexity index is 653. The number of ketones is 1. The molecule has 0 bridgehead atoms. The lowest BCUT2D eigenvalue weighted by molar-refractivity contribution is -0.114. The van der Waals surface area contributed by atoms with Crippen LogP contribution in [0.1, 0.15) is 32.3 Å². The van der Waals surface area contributed by atoms with Gasteiger partial charge in [0.05, 0.1) is 15.1 Å². The average Bonchev–Trinajstić information content (AvgIpc) is 2.40. The minimum atomic E-state index is -0.161. The van der Waals surface area contributed by atoms with E-state index < -0.39 is 0 Å². The summed E-state index contributed by atoms with van der Waals surface area (Å²) in [5.74, 6) is -0.124. The van der Waals surface area contributed by atoms with Gasteiger partial charge in [-0.1, -0.05) is 40.9 Å². The number of hydrogen-bond acceptors (Lipinski definition) is 2. The van der Waals surface area contributed by atoms with Crippen LogP contribution in [0.3, 0.4) is 0 Å². The van der Waals surface area contributed by atoms with E-state index in [4.69, 9.17) is 34.8 Å². The highest BCUT2D eigenvalue weighted by atomic mass is 35.5. The van der Waals surface area contributed by atoms with E-state index in [2.05, 4.69) is 0 Å². The van der Waals surface area contributed by atoms with Crippen LogP contribution < -0.4 is 0 Å². The zero-order chi connectivity index (χ0) is 15.9. The van der Waals surface area contributed by atoms with E-state index in [1.54, 1.807) is 19.1 Å². The fourth-order valence-corrected chi connectivity index (χ4v) is 3.21. The van der Waals surface area contributed by atoms with Gasteiger partial charge in [0.15, 0.2) is 5.78 Å². The summed E-state index contributed by atoms with van der Waals surface area (Å²) >= 11 is 18.2. The Morgan fingerprint density at radius 3 is 2.14 bits per heavy atom. The number of carbonyl (C=O) groups is 1. The SMILES string of the molecule is CC(=O)C1=C(C)N(C)C(C)=CC1c1cc(Cl)c(Cl)c(Cl)c1. The molecule has 0 fully saturated rings.